The van der Waals surface area contributed by atoms with E-state index >= 15 is 0 Å². The molecule has 1 amide bonds. The summed E-state index contributed by atoms with van der Waals surface area (Å²) in [5.74, 6) is -2.91. The summed E-state index contributed by atoms with van der Waals surface area (Å²) in [5, 5.41) is 0.315. The fourth-order valence-corrected chi connectivity index (χ4v) is 3.85. The third kappa shape index (κ3) is 5.88. The number of hydrogen-bond acceptors (Lipinski definition) is 6. The van der Waals surface area contributed by atoms with Crippen molar-refractivity contribution in [1.82, 2.24) is 4.98 Å². The van der Waals surface area contributed by atoms with Gasteiger partial charge >= 0.3 is 5.97 Å². The number of carbonyl (C=O) groups is 2. The minimum Gasteiger partial charge on any atom is -0.481 e. The molecule has 0 bridgehead atoms. The molecular formula is C23H22F2N2O4S. The number of aromatic nitrogens is 1. The number of thiazole rings is 1. The average Bonchev–Trinajstić information content (AvgIpc) is 3.15. The van der Waals surface area contributed by atoms with E-state index < -0.39 is 30.1 Å². The molecule has 0 fully saturated rings. The summed E-state index contributed by atoms with van der Waals surface area (Å²) >= 11 is 1.18. The van der Waals surface area contributed by atoms with Gasteiger partial charge in [-0.1, -0.05) is 30.3 Å². The summed E-state index contributed by atoms with van der Waals surface area (Å²) in [5.41, 5.74) is 1.16. The number of carbonyl (C=O) groups excluding carboxylic acids is 2. The highest BCUT2D eigenvalue weighted by molar-refractivity contribution is 7.16. The highest BCUT2D eigenvalue weighted by atomic mass is 32.1. The molecule has 0 unspecified atom stereocenters. The zero-order chi connectivity index (χ0) is 23.1. The van der Waals surface area contributed by atoms with Crippen molar-refractivity contribution in [1.29, 1.82) is 0 Å². The average molecular weight is 461 g/mol. The van der Waals surface area contributed by atoms with Crippen molar-refractivity contribution >= 4 is 28.3 Å². The lowest BCUT2D eigenvalue weighted by Crippen LogP contribution is -2.36. The van der Waals surface area contributed by atoms with Crippen molar-refractivity contribution in [3.05, 3.63) is 76.3 Å². The molecule has 0 aliphatic carbocycles. The van der Waals surface area contributed by atoms with Gasteiger partial charge in [-0.2, -0.15) is 0 Å². The first-order valence-corrected chi connectivity index (χ1v) is 10.8. The van der Waals surface area contributed by atoms with E-state index in [0.29, 0.717) is 22.5 Å². The van der Waals surface area contributed by atoms with Crippen LogP contribution < -0.4 is 9.64 Å². The van der Waals surface area contributed by atoms with E-state index in [1.165, 1.54) is 16.2 Å². The third-order valence-electron chi connectivity index (χ3n) is 4.50. The molecule has 168 valence electrons. The van der Waals surface area contributed by atoms with Gasteiger partial charge in [0.15, 0.2) is 29.0 Å². The molecule has 0 N–H and O–H groups in total. The Morgan fingerprint density at radius 2 is 1.88 bits per heavy atom. The van der Waals surface area contributed by atoms with Gasteiger partial charge in [0.1, 0.15) is 5.82 Å². The summed E-state index contributed by atoms with van der Waals surface area (Å²) in [7, 11) is 0. The van der Waals surface area contributed by atoms with E-state index in [1.54, 1.807) is 13.8 Å². The van der Waals surface area contributed by atoms with E-state index in [0.717, 1.165) is 17.7 Å². The smallest absolute Gasteiger partial charge is 0.358 e. The molecule has 1 aromatic heterocycles. The second-order valence-electron chi connectivity index (χ2n) is 6.77. The summed E-state index contributed by atoms with van der Waals surface area (Å²) in [6, 6.07) is 12.4. The first kappa shape index (κ1) is 23.3. The quantitative estimate of drug-likeness (QED) is 0.438. The zero-order valence-electron chi connectivity index (χ0n) is 17.6. The van der Waals surface area contributed by atoms with Crippen molar-refractivity contribution in [3.63, 3.8) is 0 Å². The first-order valence-electron chi connectivity index (χ1n) is 9.95. The number of nitrogens with zero attached hydrogens (tertiary/aromatic N) is 2. The third-order valence-corrected chi connectivity index (χ3v) is 5.49. The lowest BCUT2D eigenvalue weighted by Gasteiger charge is -2.20. The van der Waals surface area contributed by atoms with E-state index in [-0.39, 0.29) is 24.6 Å². The SMILES string of the molecule is CCOC(=O)c1nc(N(CCc2ccccc2)C(=O)COc2ccc(F)cc2F)sc1C. The number of amides is 1. The minimum atomic E-state index is -0.900. The largest absolute Gasteiger partial charge is 0.481 e. The molecule has 0 spiro atoms. The second kappa shape index (κ2) is 10.8. The zero-order valence-corrected chi connectivity index (χ0v) is 18.5. The van der Waals surface area contributed by atoms with Crippen LogP contribution in [0.1, 0.15) is 27.9 Å². The van der Waals surface area contributed by atoms with Gasteiger partial charge in [-0.15, -0.1) is 11.3 Å². The minimum absolute atomic E-state index is 0.148. The first-order chi connectivity index (χ1) is 15.4. The van der Waals surface area contributed by atoms with Crippen LogP contribution in [0.5, 0.6) is 5.75 Å². The molecule has 0 saturated heterocycles. The molecule has 2 aromatic carbocycles. The van der Waals surface area contributed by atoms with Crippen molar-refractivity contribution in [2.75, 3.05) is 24.7 Å². The van der Waals surface area contributed by atoms with Crippen LogP contribution in [0.25, 0.3) is 0 Å². The highest BCUT2D eigenvalue weighted by Crippen LogP contribution is 2.27. The van der Waals surface area contributed by atoms with Crippen LogP contribution in [0, 0.1) is 18.6 Å². The Bertz CT molecular complexity index is 1090. The van der Waals surface area contributed by atoms with Crippen molar-refractivity contribution in [3.8, 4) is 5.75 Å². The summed E-state index contributed by atoms with van der Waals surface area (Å²) in [6.45, 7) is 3.41. The molecule has 9 heteroatoms. The molecule has 6 nitrogen and oxygen atoms in total. The lowest BCUT2D eigenvalue weighted by molar-refractivity contribution is -0.120. The van der Waals surface area contributed by atoms with Gasteiger partial charge in [-0.3, -0.25) is 9.69 Å². The van der Waals surface area contributed by atoms with Crippen LogP contribution >= 0.6 is 11.3 Å². The van der Waals surface area contributed by atoms with Crippen LogP contribution in [0.2, 0.25) is 0 Å². The number of aryl methyl sites for hydroxylation is 1. The Kier molecular flexibility index (Phi) is 7.88. The molecule has 0 saturated carbocycles. The van der Waals surface area contributed by atoms with Crippen LogP contribution in [-0.4, -0.2) is 36.6 Å². The summed E-state index contributed by atoms with van der Waals surface area (Å²) < 4.78 is 37.3. The molecule has 3 aromatic rings. The Morgan fingerprint density at radius 3 is 2.56 bits per heavy atom. The molecule has 0 atom stereocenters. The number of benzene rings is 2. The van der Waals surface area contributed by atoms with Crippen molar-refractivity contribution < 1.29 is 27.8 Å². The monoisotopic (exact) mass is 460 g/mol. The van der Waals surface area contributed by atoms with Gasteiger partial charge in [0.05, 0.1) is 6.61 Å². The van der Waals surface area contributed by atoms with Gasteiger partial charge in [-0.05, 0) is 38.0 Å². The van der Waals surface area contributed by atoms with Crippen LogP contribution in [0.4, 0.5) is 13.9 Å². The molecule has 0 aliphatic rings. The number of ether oxygens (including phenoxy) is 2. The number of rotatable bonds is 9. The molecular weight excluding hydrogens is 438 g/mol. The van der Waals surface area contributed by atoms with E-state index in [4.69, 9.17) is 9.47 Å². The van der Waals surface area contributed by atoms with Gasteiger partial charge in [0.25, 0.3) is 5.91 Å². The Balaban J connectivity index is 1.80. The van der Waals surface area contributed by atoms with Gasteiger partial charge in [0.2, 0.25) is 0 Å². The maximum absolute atomic E-state index is 13.9. The number of hydrogen-bond donors (Lipinski definition) is 0. The van der Waals surface area contributed by atoms with E-state index in [2.05, 4.69) is 4.98 Å². The Hall–Kier alpha value is -3.33. The van der Waals surface area contributed by atoms with Crippen molar-refractivity contribution in [2.45, 2.75) is 20.3 Å². The second-order valence-corrected chi connectivity index (χ2v) is 7.95. The highest BCUT2D eigenvalue weighted by Gasteiger charge is 2.24. The molecule has 3 rings (SSSR count). The topological polar surface area (TPSA) is 68.7 Å². The Morgan fingerprint density at radius 1 is 1.12 bits per heavy atom. The maximum atomic E-state index is 13.9. The molecule has 1 heterocycles. The fourth-order valence-electron chi connectivity index (χ4n) is 2.91. The van der Waals surface area contributed by atoms with E-state index in [1.807, 2.05) is 30.3 Å². The van der Waals surface area contributed by atoms with Crippen LogP contribution in [0.15, 0.2) is 48.5 Å². The Labute approximate surface area is 188 Å². The van der Waals surface area contributed by atoms with Gasteiger partial charge in [0, 0.05) is 17.5 Å². The normalized spacial score (nSPS) is 10.6. The standard InChI is InChI=1S/C23H22F2N2O4S/c1-3-30-22(29)21-15(2)32-23(26-21)27(12-11-16-7-5-4-6-8-16)20(28)14-31-19-10-9-17(24)13-18(19)25/h4-10,13H,3,11-12,14H2,1-2H3. The number of halogens is 2. The van der Waals surface area contributed by atoms with Crippen molar-refractivity contribution in [2.24, 2.45) is 0 Å². The maximum Gasteiger partial charge on any atom is 0.358 e. The molecule has 0 aliphatic heterocycles. The number of esters is 1. The van der Waals surface area contributed by atoms with E-state index in [9.17, 15) is 18.4 Å². The molecule has 32 heavy (non-hydrogen) atoms. The predicted molar refractivity (Wildman–Crippen MR) is 117 cm³/mol. The van der Waals surface area contributed by atoms with Gasteiger partial charge in [-0.25, -0.2) is 18.6 Å². The predicted octanol–water partition coefficient (Wildman–Crippen LogP) is 4.56. The molecule has 0 radical (unpaired) electrons. The lowest BCUT2D eigenvalue weighted by atomic mass is 10.1. The van der Waals surface area contributed by atoms with Crippen LogP contribution in [-0.2, 0) is 16.0 Å². The van der Waals surface area contributed by atoms with Crippen LogP contribution in [0.3, 0.4) is 0 Å². The number of anilines is 1. The van der Waals surface area contributed by atoms with Gasteiger partial charge < -0.3 is 9.47 Å². The summed E-state index contributed by atoms with van der Waals surface area (Å²) in [6.07, 6.45) is 0.533. The fraction of sp³-hybridized carbons (Fsp3) is 0.261. The summed E-state index contributed by atoms with van der Waals surface area (Å²) in [4.78, 5) is 31.5.